The summed E-state index contributed by atoms with van der Waals surface area (Å²) >= 11 is 0. The summed E-state index contributed by atoms with van der Waals surface area (Å²) in [7, 11) is 0. The molecule has 0 radical (unpaired) electrons. The van der Waals surface area contributed by atoms with Gasteiger partial charge in [-0.05, 0) is 41.8 Å². The molecule has 0 aliphatic heterocycles. The number of Topliss-reactive ketones (excluding diaryl/α,β-unsaturated/α-hetero) is 1. The van der Waals surface area contributed by atoms with Gasteiger partial charge in [-0.3, -0.25) is 9.59 Å². The van der Waals surface area contributed by atoms with Crippen LogP contribution < -0.4 is 0 Å². The highest BCUT2D eigenvalue weighted by molar-refractivity contribution is 6.13. The van der Waals surface area contributed by atoms with Crippen LogP contribution in [0.15, 0.2) is 30.3 Å². The summed E-state index contributed by atoms with van der Waals surface area (Å²) in [5, 5.41) is 11.3. The molecule has 4 heteroatoms. The Balaban J connectivity index is 1.98. The molecule has 0 bridgehead atoms. The third-order valence-electron chi connectivity index (χ3n) is 3.89. The lowest BCUT2D eigenvalue weighted by Crippen LogP contribution is -2.16. The molecule has 4 nitrogen and oxygen atoms in total. The Morgan fingerprint density at radius 1 is 1.33 bits per heavy atom. The van der Waals surface area contributed by atoms with Gasteiger partial charge in [0.25, 0.3) is 0 Å². The van der Waals surface area contributed by atoms with Crippen molar-refractivity contribution in [3.63, 3.8) is 0 Å². The highest BCUT2D eigenvalue weighted by atomic mass is 16.5. The van der Waals surface area contributed by atoms with Crippen molar-refractivity contribution in [3.8, 4) is 5.75 Å². The summed E-state index contributed by atoms with van der Waals surface area (Å²) in [5.74, 6) is -0.588. The zero-order valence-electron chi connectivity index (χ0n) is 11.8. The molecule has 0 spiro atoms. The third kappa shape index (κ3) is 2.37. The van der Waals surface area contributed by atoms with Gasteiger partial charge >= 0.3 is 5.97 Å². The molecule has 21 heavy (non-hydrogen) atoms. The number of esters is 1. The number of phenolic OH excluding ortho intramolecular Hbond substituents is 1. The normalized spacial score (nSPS) is 17.0. The molecule has 1 atom stereocenters. The second kappa shape index (κ2) is 5.20. The van der Waals surface area contributed by atoms with E-state index < -0.39 is 0 Å². The van der Waals surface area contributed by atoms with Crippen molar-refractivity contribution in [2.75, 3.05) is 6.61 Å². The van der Waals surface area contributed by atoms with Crippen LogP contribution in [0.1, 0.15) is 29.3 Å². The van der Waals surface area contributed by atoms with Gasteiger partial charge in [-0.25, -0.2) is 0 Å². The van der Waals surface area contributed by atoms with Crippen LogP contribution in [-0.4, -0.2) is 23.5 Å². The fraction of sp³-hybridized carbons (Fsp3) is 0.294. The van der Waals surface area contributed by atoms with E-state index in [0.717, 1.165) is 16.3 Å². The quantitative estimate of drug-likeness (QED) is 0.880. The molecule has 1 aliphatic carbocycles. The van der Waals surface area contributed by atoms with Crippen LogP contribution >= 0.6 is 0 Å². The van der Waals surface area contributed by atoms with Crippen molar-refractivity contribution in [2.24, 2.45) is 5.92 Å². The highest BCUT2D eigenvalue weighted by Crippen LogP contribution is 2.35. The number of hydrogen-bond donors (Lipinski definition) is 1. The maximum atomic E-state index is 12.6. The second-order valence-electron chi connectivity index (χ2n) is 5.28. The number of benzene rings is 2. The number of ketones is 1. The minimum atomic E-state index is -0.355. The molecule has 2 aromatic rings. The molecule has 0 heterocycles. The molecule has 0 amide bonds. The maximum Gasteiger partial charge on any atom is 0.306 e. The molecule has 2 aromatic carbocycles. The van der Waals surface area contributed by atoms with Gasteiger partial charge in [-0.15, -0.1) is 0 Å². The van der Waals surface area contributed by atoms with Gasteiger partial charge in [0.1, 0.15) is 5.75 Å². The van der Waals surface area contributed by atoms with Crippen molar-refractivity contribution in [1.29, 1.82) is 0 Å². The highest BCUT2D eigenvalue weighted by Gasteiger charge is 2.33. The summed E-state index contributed by atoms with van der Waals surface area (Å²) in [6.07, 6.45) is 0.667. The molecule has 0 saturated carbocycles. The summed E-state index contributed by atoms with van der Waals surface area (Å²) in [4.78, 5) is 24.2. The Bertz CT molecular complexity index is 733. The maximum absolute atomic E-state index is 12.6. The molecule has 1 aliphatic rings. The van der Waals surface area contributed by atoms with Gasteiger partial charge < -0.3 is 9.84 Å². The van der Waals surface area contributed by atoms with E-state index in [1.807, 2.05) is 12.1 Å². The summed E-state index contributed by atoms with van der Waals surface area (Å²) < 4.78 is 4.93. The summed E-state index contributed by atoms with van der Waals surface area (Å²) in [6, 6.07) is 8.87. The smallest absolute Gasteiger partial charge is 0.306 e. The Hall–Kier alpha value is -2.36. The number of aromatic hydroxyl groups is 1. The molecule has 108 valence electrons. The van der Waals surface area contributed by atoms with Crippen LogP contribution in [0, 0.1) is 5.92 Å². The van der Waals surface area contributed by atoms with E-state index in [4.69, 9.17) is 4.74 Å². The molecule has 1 unspecified atom stereocenters. The Labute approximate surface area is 122 Å². The van der Waals surface area contributed by atoms with Gasteiger partial charge in [-0.1, -0.05) is 18.2 Å². The summed E-state index contributed by atoms with van der Waals surface area (Å²) in [6.45, 7) is 2.07. The van der Waals surface area contributed by atoms with Gasteiger partial charge in [-0.2, -0.15) is 0 Å². The topological polar surface area (TPSA) is 63.6 Å². The number of fused-ring (bicyclic) bond motifs is 3. The first-order valence-corrected chi connectivity index (χ1v) is 7.04. The van der Waals surface area contributed by atoms with Crippen LogP contribution in [0.3, 0.4) is 0 Å². The van der Waals surface area contributed by atoms with E-state index in [-0.39, 0.29) is 29.8 Å². The predicted molar refractivity (Wildman–Crippen MR) is 78.4 cm³/mol. The fourth-order valence-electron chi connectivity index (χ4n) is 2.96. The zero-order chi connectivity index (χ0) is 15.0. The SMILES string of the molecule is CCOC(=O)CC1Cc2ccc3ccc(O)cc3c2C1=O. The van der Waals surface area contributed by atoms with Gasteiger partial charge in [0.2, 0.25) is 0 Å². The van der Waals surface area contributed by atoms with Crippen LogP contribution in [0.2, 0.25) is 0 Å². The predicted octanol–water partition coefficient (Wildman–Crippen LogP) is 2.85. The molecular formula is C17H16O4. The van der Waals surface area contributed by atoms with Crippen LogP contribution in [0.25, 0.3) is 10.8 Å². The van der Waals surface area contributed by atoms with Crippen LogP contribution in [0.4, 0.5) is 0 Å². The van der Waals surface area contributed by atoms with E-state index in [1.54, 1.807) is 25.1 Å². The van der Waals surface area contributed by atoms with Gasteiger partial charge in [0.15, 0.2) is 5.78 Å². The molecule has 1 N–H and O–H groups in total. The fourth-order valence-corrected chi connectivity index (χ4v) is 2.96. The Morgan fingerprint density at radius 3 is 2.86 bits per heavy atom. The van der Waals surface area contributed by atoms with Gasteiger partial charge in [0.05, 0.1) is 13.0 Å². The van der Waals surface area contributed by atoms with E-state index in [1.165, 1.54) is 0 Å². The average molecular weight is 284 g/mol. The first kappa shape index (κ1) is 13.6. The van der Waals surface area contributed by atoms with Crippen molar-refractivity contribution in [3.05, 3.63) is 41.5 Å². The van der Waals surface area contributed by atoms with E-state index in [2.05, 4.69) is 0 Å². The second-order valence-corrected chi connectivity index (χ2v) is 5.28. The number of carbonyl (C=O) groups excluding carboxylic acids is 2. The average Bonchev–Trinajstić information content (AvgIpc) is 2.76. The molecule has 0 aromatic heterocycles. The van der Waals surface area contributed by atoms with Crippen molar-refractivity contribution in [1.82, 2.24) is 0 Å². The van der Waals surface area contributed by atoms with E-state index in [0.29, 0.717) is 18.6 Å². The minimum Gasteiger partial charge on any atom is -0.508 e. The molecule has 3 rings (SSSR count). The van der Waals surface area contributed by atoms with E-state index in [9.17, 15) is 14.7 Å². The number of ether oxygens (including phenoxy) is 1. The van der Waals surface area contributed by atoms with Crippen molar-refractivity contribution >= 4 is 22.5 Å². The molecular weight excluding hydrogens is 268 g/mol. The van der Waals surface area contributed by atoms with Crippen LogP contribution in [0.5, 0.6) is 5.75 Å². The monoisotopic (exact) mass is 284 g/mol. The summed E-state index contributed by atoms with van der Waals surface area (Å²) in [5.41, 5.74) is 1.57. The van der Waals surface area contributed by atoms with E-state index >= 15 is 0 Å². The minimum absolute atomic E-state index is 0.0331. The number of carbonyl (C=O) groups is 2. The number of phenols is 1. The lowest BCUT2D eigenvalue weighted by atomic mass is 9.98. The third-order valence-corrected chi connectivity index (χ3v) is 3.89. The lowest BCUT2D eigenvalue weighted by molar-refractivity contribution is -0.143. The molecule has 0 fully saturated rings. The van der Waals surface area contributed by atoms with Gasteiger partial charge in [0, 0.05) is 11.5 Å². The zero-order valence-corrected chi connectivity index (χ0v) is 11.8. The lowest BCUT2D eigenvalue weighted by Gasteiger charge is -2.07. The largest absolute Gasteiger partial charge is 0.508 e. The Morgan fingerprint density at radius 2 is 2.10 bits per heavy atom. The number of hydrogen-bond acceptors (Lipinski definition) is 4. The first-order chi connectivity index (χ1) is 10.1. The van der Waals surface area contributed by atoms with Crippen molar-refractivity contribution < 1.29 is 19.4 Å². The standard InChI is InChI=1S/C17H16O4/c1-2-21-15(19)8-12-7-11-4-3-10-5-6-13(18)9-14(10)16(11)17(12)20/h3-6,9,12,18H,2,7-8H2,1H3. The Kier molecular flexibility index (Phi) is 3.37. The number of rotatable bonds is 3. The first-order valence-electron chi connectivity index (χ1n) is 7.04. The van der Waals surface area contributed by atoms with Crippen molar-refractivity contribution in [2.45, 2.75) is 19.8 Å². The molecule has 0 saturated heterocycles. The van der Waals surface area contributed by atoms with Crippen LogP contribution in [-0.2, 0) is 16.0 Å².